The van der Waals surface area contributed by atoms with Gasteiger partial charge in [-0.25, -0.2) is 0 Å². The summed E-state index contributed by atoms with van der Waals surface area (Å²) in [5.74, 6) is 0.942. The van der Waals surface area contributed by atoms with E-state index in [9.17, 15) is 0 Å². The van der Waals surface area contributed by atoms with E-state index in [1.807, 2.05) is 0 Å². The molecule has 1 atom stereocenters. The summed E-state index contributed by atoms with van der Waals surface area (Å²) in [6.45, 7) is 5.73. The van der Waals surface area contributed by atoms with Crippen LogP contribution in [-0.2, 0) is 10.2 Å². The largest absolute Gasteiger partial charge is 0.378 e. The lowest BCUT2D eigenvalue weighted by Crippen LogP contribution is -2.42. The van der Waals surface area contributed by atoms with Gasteiger partial charge in [-0.2, -0.15) is 0 Å². The molecule has 1 aliphatic heterocycles. The second kappa shape index (κ2) is 10.4. The molecule has 1 saturated carbocycles. The van der Waals surface area contributed by atoms with E-state index < -0.39 is 0 Å². The second-order valence-corrected chi connectivity index (χ2v) is 7.05. The lowest BCUT2D eigenvalue weighted by Gasteiger charge is -2.41. The van der Waals surface area contributed by atoms with Gasteiger partial charge in [0.1, 0.15) is 0 Å². The molecule has 2 N–H and O–H groups in total. The quantitative estimate of drug-likeness (QED) is 0.372. The molecule has 1 heterocycles. The van der Waals surface area contributed by atoms with Crippen molar-refractivity contribution in [3.8, 4) is 0 Å². The van der Waals surface area contributed by atoms with E-state index in [1.54, 1.807) is 0 Å². The van der Waals surface area contributed by atoms with Crippen molar-refractivity contribution in [3.05, 3.63) is 35.9 Å². The van der Waals surface area contributed by atoms with Crippen LogP contribution in [-0.4, -0.2) is 38.3 Å². The number of hydrogen-bond acceptors (Lipinski definition) is 2. The number of halogens is 1. The van der Waals surface area contributed by atoms with E-state index in [2.05, 4.69) is 47.9 Å². The van der Waals surface area contributed by atoms with Gasteiger partial charge in [-0.15, -0.1) is 24.0 Å². The molecule has 2 aliphatic rings. The minimum absolute atomic E-state index is 0. The summed E-state index contributed by atoms with van der Waals surface area (Å²) in [6.07, 6.45) is 7.71. The minimum Gasteiger partial charge on any atom is -0.378 e. The van der Waals surface area contributed by atoms with Crippen molar-refractivity contribution >= 4 is 29.9 Å². The Labute approximate surface area is 169 Å². The molecule has 0 aromatic heterocycles. The maximum atomic E-state index is 5.69. The summed E-state index contributed by atoms with van der Waals surface area (Å²) in [7, 11) is 0. The Morgan fingerprint density at radius 2 is 2.00 bits per heavy atom. The predicted octanol–water partition coefficient (Wildman–Crippen LogP) is 3.85. The van der Waals surface area contributed by atoms with Crippen molar-refractivity contribution in [1.29, 1.82) is 0 Å². The summed E-state index contributed by atoms with van der Waals surface area (Å²) in [5.41, 5.74) is 1.69. The zero-order chi connectivity index (χ0) is 16.7. The molecule has 140 valence electrons. The van der Waals surface area contributed by atoms with Gasteiger partial charge in [0.05, 0.1) is 12.6 Å². The fourth-order valence-corrected chi connectivity index (χ4v) is 3.73. The number of aliphatic imine (C=N–C) groups is 1. The molecule has 3 rings (SSSR count). The predicted molar refractivity (Wildman–Crippen MR) is 115 cm³/mol. The molecule has 2 fully saturated rings. The van der Waals surface area contributed by atoms with Crippen LogP contribution >= 0.6 is 24.0 Å². The number of guanidine groups is 1. The highest BCUT2D eigenvalue weighted by Crippen LogP contribution is 2.43. The number of benzene rings is 1. The van der Waals surface area contributed by atoms with Crippen molar-refractivity contribution < 1.29 is 4.74 Å². The van der Waals surface area contributed by atoms with Crippen molar-refractivity contribution in [2.45, 2.75) is 57.0 Å². The maximum absolute atomic E-state index is 5.69. The Bertz CT molecular complexity index is 525. The summed E-state index contributed by atoms with van der Waals surface area (Å²) in [4.78, 5) is 4.90. The summed E-state index contributed by atoms with van der Waals surface area (Å²) >= 11 is 0. The second-order valence-electron chi connectivity index (χ2n) is 7.05. The Morgan fingerprint density at radius 1 is 1.20 bits per heavy atom. The SMILES string of the molecule is CCNC(=NCC1(c2ccccc2)CCC1)NCCC1CCCO1.I. The summed E-state index contributed by atoms with van der Waals surface area (Å²) in [6, 6.07) is 10.9. The highest BCUT2D eigenvalue weighted by molar-refractivity contribution is 14.0. The molecule has 25 heavy (non-hydrogen) atoms. The van der Waals surface area contributed by atoms with E-state index >= 15 is 0 Å². The highest BCUT2D eigenvalue weighted by Gasteiger charge is 2.38. The smallest absolute Gasteiger partial charge is 0.191 e. The van der Waals surface area contributed by atoms with Crippen LogP contribution in [0.3, 0.4) is 0 Å². The van der Waals surface area contributed by atoms with Crippen molar-refractivity contribution in [2.75, 3.05) is 26.2 Å². The molecule has 0 amide bonds. The van der Waals surface area contributed by atoms with Gasteiger partial charge < -0.3 is 15.4 Å². The molecule has 1 aliphatic carbocycles. The Balaban J connectivity index is 0.00000225. The summed E-state index contributed by atoms with van der Waals surface area (Å²) < 4.78 is 5.69. The third-order valence-electron chi connectivity index (χ3n) is 5.36. The number of nitrogens with zero attached hydrogens (tertiary/aromatic N) is 1. The first kappa shape index (κ1) is 20.5. The zero-order valence-electron chi connectivity index (χ0n) is 15.3. The standard InChI is InChI=1S/C20H31N3O.HI/c1-2-21-19(22-14-11-18-10-6-15-24-18)23-16-20(12-7-13-20)17-8-4-3-5-9-17;/h3-5,8-9,18H,2,6-7,10-16H2,1H3,(H2,21,22,23);1H. The number of hydrogen-bond donors (Lipinski definition) is 2. The van der Waals surface area contributed by atoms with Crippen LogP contribution in [0, 0.1) is 0 Å². The number of ether oxygens (including phenoxy) is 1. The van der Waals surface area contributed by atoms with E-state index in [0.717, 1.165) is 38.6 Å². The van der Waals surface area contributed by atoms with Gasteiger partial charge in [-0.3, -0.25) is 4.99 Å². The Kier molecular flexibility index (Phi) is 8.49. The van der Waals surface area contributed by atoms with Crippen LogP contribution < -0.4 is 10.6 Å². The van der Waals surface area contributed by atoms with Crippen LogP contribution in [0.25, 0.3) is 0 Å². The fraction of sp³-hybridized carbons (Fsp3) is 0.650. The van der Waals surface area contributed by atoms with E-state index in [0.29, 0.717) is 6.10 Å². The minimum atomic E-state index is 0. The molecule has 1 unspecified atom stereocenters. The van der Waals surface area contributed by atoms with Crippen molar-refractivity contribution in [2.24, 2.45) is 4.99 Å². The molecular formula is C20H32IN3O. The average Bonchev–Trinajstić information content (AvgIpc) is 3.08. The summed E-state index contributed by atoms with van der Waals surface area (Å²) in [5, 5.41) is 6.86. The van der Waals surface area contributed by atoms with Gasteiger partial charge in [-0.05, 0) is 44.6 Å². The van der Waals surface area contributed by atoms with Gasteiger partial charge in [-0.1, -0.05) is 36.8 Å². The number of rotatable bonds is 7. The van der Waals surface area contributed by atoms with Crippen LogP contribution in [0.2, 0.25) is 0 Å². The van der Waals surface area contributed by atoms with Gasteiger partial charge in [0, 0.05) is 25.1 Å². The molecule has 1 saturated heterocycles. The third kappa shape index (κ3) is 5.58. The first-order valence-corrected chi connectivity index (χ1v) is 9.52. The van der Waals surface area contributed by atoms with Gasteiger partial charge in [0.15, 0.2) is 5.96 Å². The Hall–Kier alpha value is -0.820. The van der Waals surface area contributed by atoms with E-state index in [4.69, 9.17) is 9.73 Å². The van der Waals surface area contributed by atoms with Crippen LogP contribution in [0.4, 0.5) is 0 Å². The topological polar surface area (TPSA) is 45.7 Å². The number of nitrogens with one attached hydrogen (secondary N) is 2. The van der Waals surface area contributed by atoms with Crippen LogP contribution in [0.1, 0.15) is 51.0 Å². The highest BCUT2D eigenvalue weighted by atomic mass is 127. The lowest BCUT2D eigenvalue weighted by molar-refractivity contribution is 0.105. The van der Waals surface area contributed by atoms with Crippen LogP contribution in [0.15, 0.2) is 35.3 Å². The third-order valence-corrected chi connectivity index (χ3v) is 5.36. The average molecular weight is 457 g/mol. The monoisotopic (exact) mass is 457 g/mol. The zero-order valence-corrected chi connectivity index (χ0v) is 17.6. The molecule has 4 nitrogen and oxygen atoms in total. The fourth-order valence-electron chi connectivity index (χ4n) is 3.73. The van der Waals surface area contributed by atoms with Crippen molar-refractivity contribution in [3.63, 3.8) is 0 Å². The molecule has 0 bridgehead atoms. The Morgan fingerprint density at radius 3 is 2.60 bits per heavy atom. The molecule has 1 aromatic rings. The molecule has 1 aromatic carbocycles. The molecule has 0 radical (unpaired) electrons. The lowest BCUT2D eigenvalue weighted by atomic mass is 9.64. The van der Waals surface area contributed by atoms with Crippen molar-refractivity contribution in [1.82, 2.24) is 10.6 Å². The molecule has 0 spiro atoms. The molecular weight excluding hydrogens is 425 g/mol. The van der Waals surface area contributed by atoms with E-state index in [-0.39, 0.29) is 29.4 Å². The van der Waals surface area contributed by atoms with Gasteiger partial charge in [0.2, 0.25) is 0 Å². The van der Waals surface area contributed by atoms with Gasteiger partial charge >= 0.3 is 0 Å². The van der Waals surface area contributed by atoms with Gasteiger partial charge in [0.25, 0.3) is 0 Å². The molecule has 5 heteroatoms. The first-order chi connectivity index (χ1) is 11.8. The van der Waals surface area contributed by atoms with E-state index in [1.165, 1.54) is 37.7 Å². The first-order valence-electron chi connectivity index (χ1n) is 9.52. The normalized spacial score (nSPS) is 22.0. The maximum Gasteiger partial charge on any atom is 0.191 e. The van der Waals surface area contributed by atoms with Crippen LogP contribution in [0.5, 0.6) is 0 Å².